The molecule has 4 aromatic carbocycles. The van der Waals surface area contributed by atoms with Crippen LogP contribution in [0.5, 0.6) is 34.5 Å². The fourth-order valence-corrected chi connectivity index (χ4v) is 3.67. The standard InChI is InChI=1S/C31H34N2O4/c32-24-6-10-28(11-7-24)36-30-18-14-26(15-19-30)34-22-4-2-1-3-5-23-35-27-16-20-31(21-17-27)37-29-12-8-25(33)9-13-29/h6-21H,1-5,22-23,32-33H2. The minimum atomic E-state index is 0.708. The third kappa shape index (κ3) is 9.00. The Labute approximate surface area is 218 Å². The van der Waals surface area contributed by atoms with Gasteiger partial charge in [-0.2, -0.15) is 0 Å². The Morgan fingerprint density at radius 3 is 0.973 bits per heavy atom. The minimum Gasteiger partial charge on any atom is -0.494 e. The van der Waals surface area contributed by atoms with Crippen molar-refractivity contribution in [1.29, 1.82) is 0 Å². The molecule has 6 heteroatoms. The third-order valence-electron chi connectivity index (χ3n) is 5.71. The fourth-order valence-electron chi connectivity index (χ4n) is 3.67. The number of hydrogen-bond donors (Lipinski definition) is 2. The molecule has 0 aliphatic rings. The van der Waals surface area contributed by atoms with Gasteiger partial charge in [0, 0.05) is 11.4 Å². The van der Waals surface area contributed by atoms with Gasteiger partial charge in [-0.1, -0.05) is 19.3 Å². The van der Waals surface area contributed by atoms with Crippen molar-refractivity contribution in [2.24, 2.45) is 0 Å². The molecule has 0 saturated heterocycles. The second kappa shape index (κ2) is 13.7. The topological polar surface area (TPSA) is 89.0 Å². The number of unbranched alkanes of at least 4 members (excludes halogenated alkanes) is 4. The van der Waals surface area contributed by atoms with Crippen molar-refractivity contribution in [3.8, 4) is 34.5 Å². The number of anilines is 2. The first-order valence-corrected chi connectivity index (χ1v) is 12.7. The van der Waals surface area contributed by atoms with Crippen molar-refractivity contribution in [1.82, 2.24) is 0 Å². The maximum absolute atomic E-state index is 5.85. The number of nitrogens with two attached hydrogens (primary N) is 2. The summed E-state index contributed by atoms with van der Waals surface area (Å²) in [5.74, 6) is 4.74. The zero-order chi connectivity index (χ0) is 25.7. The van der Waals surface area contributed by atoms with E-state index in [-0.39, 0.29) is 0 Å². The highest BCUT2D eigenvalue weighted by Gasteiger charge is 2.01. The predicted octanol–water partition coefficient (Wildman–Crippen LogP) is 7.84. The van der Waals surface area contributed by atoms with E-state index >= 15 is 0 Å². The Hall–Kier alpha value is -4.32. The Morgan fingerprint density at radius 1 is 0.351 bits per heavy atom. The molecule has 0 saturated carbocycles. The molecule has 0 aromatic heterocycles. The van der Waals surface area contributed by atoms with E-state index in [0.29, 0.717) is 24.6 Å². The van der Waals surface area contributed by atoms with Gasteiger partial charge in [0.25, 0.3) is 0 Å². The largest absolute Gasteiger partial charge is 0.494 e. The molecular weight excluding hydrogens is 464 g/mol. The second-order valence-corrected chi connectivity index (χ2v) is 8.75. The number of nitrogen functional groups attached to an aromatic ring is 2. The zero-order valence-corrected chi connectivity index (χ0v) is 21.0. The zero-order valence-electron chi connectivity index (χ0n) is 21.0. The predicted molar refractivity (Wildman–Crippen MR) is 149 cm³/mol. The molecule has 0 spiro atoms. The molecule has 0 atom stereocenters. The number of rotatable bonds is 14. The van der Waals surface area contributed by atoms with Crippen LogP contribution < -0.4 is 30.4 Å². The highest BCUT2D eigenvalue weighted by Crippen LogP contribution is 2.26. The van der Waals surface area contributed by atoms with E-state index in [0.717, 1.165) is 66.6 Å². The summed E-state index contributed by atoms with van der Waals surface area (Å²) < 4.78 is 23.3. The summed E-state index contributed by atoms with van der Waals surface area (Å²) >= 11 is 0. The monoisotopic (exact) mass is 498 g/mol. The molecule has 4 aromatic rings. The van der Waals surface area contributed by atoms with Gasteiger partial charge >= 0.3 is 0 Å². The Kier molecular flexibility index (Phi) is 9.53. The van der Waals surface area contributed by atoms with Crippen molar-refractivity contribution >= 4 is 11.4 Å². The van der Waals surface area contributed by atoms with Gasteiger partial charge in [0.1, 0.15) is 34.5 Å². The van der Waals surface area contributed by atoms with Gasteiger partial charge in [-0.05, 0) is 110 Å². The highest BCUT2D eigenvalue weighted by molar-refractivity contribution is 5.44. The van der Waals surface area contributed by atoms with Crippen LogP contribution in [0, 0.1) is 0 Å². The van der Waals surface area contributed by atoms with Crippen LogP contribution in [0.15, 0.2) is 97.1 Å². The average molecular weight is 499 g/mol. The lowest BCUT2D eigenvalue weighted by atomic mass is 10.1. The Bertz CT molecular complexity index is 1100. The molecule has 0 amide bonds. The van der Waals surface area contributed by atoms with Crippen molar-refractivity contribution < 1.29 is 18.9 Å². The molecule has 192 valence electrons. The molecule has 0 bridgehead atoms. The quantitative estimate of drug-likeness (QED) is 0.136. The summed E-state index contributed by atoms with van der Waals surface area (Å²) in [6.07, 6.45) is 5.49. The van der Waals surface area contributed by atoms with Gasteiger partial charge in [-0.25, -0.2) is 0 Å². The second-order valence-electron chi connectivity index (χ2n) is 8.75. The summed E-state index contributed by atoms with van der Waals surface area (Å²) in [6, 6.07) is 30.0. The molecule has 37 heavy (non-hydrogen) atoms. The summed E-state index contributed by atoms with van der Waals surface area (Å²) in [6.45, 7) is 1.42. The average Bonchev–Trinajstić information content (AvgIpc) is 2.92. The lowest BCUT2D eigenvalue weighted by Gasteiger charge is -2.09. The van der Waals surface area contributed by atoms with E-state index in [1.165, 1.54) is 0 Å². The van der Waals surface area contributed by atoms with Crippen LogP contribution in [0.4, 0.5) is 11.4 Å². The normalized spacial score (nSPS) is 10.6. The molecular formula is C31H34N2O4. The fraction of sp³-hybridized carbons (Fsp3) is 0.226. The van der Waals surface area contributed by atoms with Crippen LogP contribution in [0.2, 0.25) is 0 Å². The Morgan fingerprint density at radius 2 is 0.622 bits per heavy atom. The summed E-state index contributed by atoms with van der Waals surface area (Å²) in [4.78, 5) is 0. The van der Waals surface area contributed by atoms with Crippen molar-refractivity contribution in [3.63, 3.8) is 0 Å². The van der Waals surface area contributed by atoms with Gasteiger partial charge in [0.05, 0.1) is 13.2 Å². The molecule has 0 heterocycles. The van der Waals surface area contributed by atoms with Crippen LogP contribution in [0.1, 0.15) is 32.1 Å². The lowest BCUT2D eigenvalue weighted by Crippen LogP contribution is -1.99. The van der Waals surface area contributed by atoms with E-state index in [9.17, 15) is 0 Å². The number of ether oxygens (including phenoxy) is 4. The number of hydrogen-bond acceptors (Lipinski definition) is 6. The SMILES string of the molecule is Nc1ccc(Oc2ccc(OCCCCCCCOc3ccc(Oc4ccc(N)cc4)cc3)cc2)cc1. The maximum Gasteiger partial charge on any atom is 0.127 e. The molecule has 4 N–H and O–H groups in total. The first-order chi connectivity index (χ1) is 18.1. The van der Waals surface area contributed by atoms with Crippen LogP contribution in [-0.2, 0) is 0 Å². The van der Waals surface area contributed by atoms with Gasteiger partial charge in [0.2, 0.25) is 0 Å². The summed E-state index contributed by atoms with van der Waals surface area (Å²) in [5.41, 5.74) is 12.8. The third-order valence-corrected chi connectivity index (χ3v) is 5.71. The van der Waals surface area contributed by atoms with E-state index < -0.39 is 0 Å². The van der Waals surface area contributed by atoms with E-state index in [1.54, 1.807) is 0 Å². The molecule has 0 aliphatic carbocycles. The van der Waals surface area contributed by atoms with Gasteiger partial charge < -0.3 is 30.4 Å². The molecule has 6 nitrogen and oxygen atoms in total. The van der Waals surface area contributed by atoms with Gasteiger partial charge in [0.15, 0.2) is 0 Å². The van der Waals surface area contributed by atoms with Crippen LogP contribution >= 0.6 is 0 Å². The molecule has 0 aliphatic heterocycles. The van der Waals surface area contributed by atoms with Crippen molar-refractivity contribution in [2.75, 3.05) is 24.7 Å². The molecule has 4 rings (SSSR count). The van der Waals surface area contributed by atoms with Crippen LogP contribution in [-0.4, -0.2) is 13.2 Å². The Balaban J connectivity index is 1.02. The first-order valence-electron chi connectivity index (χ1n) is 12.7. The first kappa shape index (κ1) is 25.8. The van der Waals surface area contributed by atoms with Gasteiger partial charge in [-0.3, -0.25) is 0 Å². The molecule has 0 fully saturated rings. The molecule has 0 unspecified atom stereocenters. The highest BCUT2D eigenvalue weighted by atomic mass is 16.5. The smallest absolute Gasteiger partial charge is 0.127 e. The summed E-state index contributed by atoms with van der Waals surface area (Å²) in [5, 5.41) is 0. The lowest BCUT2D eigenvalue weighted by molar-refractivity contribution is 0.293. The van der Waals surface area contributed by atoms with Crippen molar-refractivity contribution in [3.05, 3.63) is 97.1 Å². The van der Waals surface area contributed by atoms with E-state index in [1.807, 2.05) is 97.1 Å². The van der Waals surface area contributed by atoms with E-state index in [2.05, 4.69) is 0 Å². The van der Waals surface area contributed by atoms with E-state index in [4.69, 9.17) is 30.4 Å². The van der Waals surface area contributed by atoms with Crippen molar-refractivity contribution in [2.45, 2.75) is 32.1 Å². The summed E-state index contributed by atoms with van der Waals surface area (Å²) in [7, 11) is 0. The maximum atomic E-state index is 5.85. The minimum absolute atomic E-state index is 0.708. The van der Waals surface area contributed by atoms with Gasteiger partial charge in [-0.15, -0.1) is 0 Å². The molecule has 0 radical (unpaired) electrons. The van der Waals surface area contributed by atoms with Crippen LogP contribution in [0.3, 0.4) is 0 Å². The number of benzene rings is 4. The van der Waals surface area contributed by atoms with Crippen LogP contribution in [0.25, 0.3) is 0 Å².